The van der Waals surface area contributed by atoms with Crippen molar-refractivity contribution in [3.8, 4) is 11.5 Å². The molecule has 0 unspecified atom stereocenters. The van der Waals surface area contributed by atoms with E-state index in [4.69, 9.17) is 9.47 Å². The summed E-state index contributed by atoms with van der Waals surface area (Å²) in [5, 5.41) is 0. The van der Waals surface area contributed by atoms with Gasteiger partial charge in [0.05, 0.1) is 14.2 Å². The Morgan fingerprint density at radius 2 is 1.25 bits per heavy atom. The van der Waals surface area contributed by atoms with Gasteiger partial charge in [-0.1, -0.05) is 48.5 Å². The van der Waals surface area contributed by atoms with Crippen LogP contribution in [0.1, 0.15) is 22.3 Å². The summed E-state index contributed by atoms with van der Waals surface area (Å²) in [5.74, 6) is 1.68. The molecule has 3 aromatic rings. The summed E-state index contributed by atoms with van der Waals surface area (Å²) in [4.78, 5) is 0. The number of ether oxygens (including phenoxy) is 2. The fourth-order valence-corrected chi connectivity index (χ4v) is 4.86. The van der Waals surface area contributed by atoms with Gasteiger partial charge in [0.1, 0.15) is 11.5 Å². The molecule has 0 aromatic heterocycles. The molecule has 0 spiro atoms. The minimum Gasteiger partial charge on any atom is -0.497 e. The number of halogens is 2. The van der Waals surface area contributed by atoms with E-state index in [0.29, 0.717) is 0 Å². The summed E-state index contributed by atoms with van der Waals surface area (Å²) >= 11 is 7.73. The maximum absolute atomic E-state index is 5.33. The van der Waals surface area contributed by atoms with Gasteiger partial charge in [0, 0.05) is 20.1 Å². The predicted molar refractivity (Wildman–Crippen MR) is 124 cm³/mol. The second kappa shape index (κ2) is 7.98. The van der Waals surface area contributed by atoms with Gasteiger partial charge < -0.3 is 9.47 Å². The molecule has 1 aliphatic carbocycles. The first kappa shape index (κ1) is 19.0. The van der Waals surface area contributed by atoms with Gasteiger partial charge in [0.25, 0.3) is 0 Å². The first-order valence-electron chi connectivity index (χ1n) is 8.82. The Hall–Kier alpha value is -2.30. The van der Waals surface area contributed by atoms with Crippen LogP contribution in [0, 0.1) is 0 Å². The molecule has 4 heteroatoms. The van der Waals surface area contributed by atoms with Crippen molar-refractivity contribution in [2.75, 3.05) is 14.2 Å². The molecule has 0 fully saturated rings. The minimum absolute atomic E-state index is 0.841. The molecule has 0 atom stereocenters. The van der Waals surface area contributed by atoms with Crippen LogP contribution in [-0.2, 0) is 0 Å². The molecule has 0 radical (unpaired) electrons. The van der Waals surface area contributed by atoms with Gasteiger partial charge in [-0.2, -0.15) is 0 Å². The molecule has 4 rings (SSSR count). The monoisotopic (exact) mass is 496 g/mol. The highest BCUT2D eigenvalue weighted by Gasteiger charge is 2.28. The van der Waals surface area contributed by atoms with Gasteiger partial charge in [-0.05, 0) is 78.4 Å². The fraction of sp³-hybridized carbons (Fsp3) is 0.0833. The highest BCUT2D eigenvalue weighted by molar-refractivity contribution is 9.15. The van der Waals surface area contributed by atoms with Gasteiger partial charge in [-0.3, -0.25) is 0 Å². The molecule has 2 nitrogen and oxygen atoms in total. The van der Waals surface area contributed by atoms with E-state index in [1.807, 2.05) is 24.3 Å². The molecule has 0 aliphatic heterocycles. The standard InChI is InChI=1S/C24H18Br2O2/c1-27-17-11-7-15(8-12-17)21-22(19-5-3-4-6-20(19)24(21)26)23(25)16-9-13-18(28-2)14-10-16/h3-14H,1-2H3/b23-22-. The lowest BCUT2D eigenvalue weighted by Crippen LogP contribution is -1.91. The van der Waals surface area contributed by atoms with E-state index >= 15 is 0 Å². The summed E-state index contributed by atoms with van der Waals surface area (Å²) in [7, 11) is 3.36. The van der Waals surface area contributed by atoms with Crippen LogP contribution in [0.15, 0.2) is 72.8 Å². The van der Waals surface area contributed by atoms with E-state index in [2.05, 4.69) is 80.4 Å². The molecule has 0 amide bonds. The number of allylic oxidation sites excluding steroid dienone is 2. The average Bonchev–Trinajstić information content (AvgIpc) is 3.06. The Kier molecular flexibility index (Phi) is 5.42. The number of hydrogen-bond acceptors (Lipinski definition) is 2. The largest absolute Gasteiger partial charge is 0.497 e. The van der Waals surface area contributed by atoms with Gasteiger partial charge in [0.2, 0.25) is 0 Å². The van der Waals surface area contributed by atoms with Gasteiger partial charge in [-0.25, -0.2) is 0 Å². The van der Waals surface area contributed by atoms with Crippen molar-refractivity contribution in [2.45, 2.75) is 0 Å². The average molecular weight is 498 g/mol. The molecule has 3 aromatic carbocycles. The van der Waals surface area contributed by atoms with Crippen LogP contribution in [0.2, 0.25) is 0 Å². The molecule has 28 heavy (non-hydrogen) atoms. The van der Waals surface area contributed by atoms with E-state index in [-0.39, 0.29) is 0 Å². The predicted octanol–water partition coefficient (Wildman–Crippen LogP) is 7.24. The number of hydrogen-bond donors (Lipinski definition) is 0. The lowest BCUT2D eigenvalue weighted by Gasteiger charge is -2.13. The Balaban J connectivity index is 1.92. The van der Waals surface area contributed by atoms with Crippen LogP contribution >= 0.6 is 31.9 Å². The smallest absolute Gasteiger partial charge is 0.118 e. The third-order valence-corrected chi connectivity index (χ3v) is 6.52. The van der Waals surface area contributed by atoms with Crippen molar-refractivity contribution < 1.29 is 9.47 Å². The Morgan fingerprint density at radius 1 is 0.714 bits per heavy atom. The maximum atomic E-state index is 5.33. The molecule has 0 saturated heterocycles. The van der Waals surface area contributed by atoms with Crippen molar-refractivity contribution in [1.82, 2.24) is 0 Å². The Bertz CT molecular complexity index is 1080. The SMILES string of the molecule is COc1ccc(C2=C(Br)c3ccccc3/C2=C(/Br)c2ccc(OC)cc2)cc1. The lowest BCUT2D eigenvalue weighted by molar-refractivity contribution is 0.414. The van der Waals surface area contributed by atoms with Gasteiger partial charge in [0.15, 0.2) is 0 Å². The summed E-state index contributed by atoms with van der Waals surface area (Å²) in [6.45, 7) is 0. The van der Waals surface area contributed by atoms with E-state index in [1.54, 1.807) is 14.2 Å². The summed E-state index contributed by atoms with van der Waals surface area (Å²) in [5.41, 5.74) is 6.93. The molecule has 0 bridgehead atoms. The van der Waals surface area contributed by atoms with E-state index in [0.717, 1.165) is 42.7 Å². The first-order chi connectivity index (χ1) is 13.6. The quantitative estimate of drug-likeness (QED) is 0.378. The molecule has 0 heterocycles. The van der Waals surface area contributed by atoms with Crippen LogP contribution in [0.5, 0.6) is 11.5 Å². The van der Waals surface area contributed by atoms with E-state index < -0.39 is 0 Å². The second-order valence-corrected chi connectivity index (χ2v) is 7.97. The van der Waals surface area contributed by atoms with Gasteiger partial charge >= 0.3 is 0 Å². The number of benzene rings is 3. The zero-order valence-corrected chi connectivity index (χ0v) is 18.7. The zero-order chi connectivity index (χ0) is 19.7. The van der Waals surface area contributed by atoms with Crippen LogP contribution in [0.25, 0.3) is 20.1 Å². The third kappa shape index (κ3) is 3.31. The lowest BCUT2D eigenvalue weighted by atomic mass is 9.95. The van der Waals surface area contributed by atoms with Crippen molar-refractivity contribution in [2.24, 2.45) is 0 Å². The van der Waals surface area contributed by atoms with Crippen LogP contribution in [-0.4, -0.2) is 14.2 Å². The van der Waals surface area contributed by atoms with Crippen LogP contribution < -0.4 is 9.47 Å². The Labute approximate surface area is 181 Å². The molecule has 1 aliphatic rings. The third-order valence-electron chi connectivity index (χ3n) is 4.84. The number of methoxy groups -OCH3 is 2. The van der Waals surface area contributed by atoms with Crippen molar-refractivity contribution >= 4 is 52.0 Å². The topological polar surface area (TPSA) is 18.5 Å². The van der Waals surface area contributed by atoms with Crippen molar-refractivity contribution in [1.29, 1.82) is 0 Å². The van der Waals surface area contributed by atoms with Crippen molar-refractivity contribution in [3.63, 3.8) is 0 Å². The van der Waals surface area contributed by atoms with Crippen LogP contribution in [0.3, 0.4) is 0 Å². The second-order valence-electron chi connectivity index (χ2n) is 6.38. The number of fused-ring (bicyclic) bond motifs is 1. The molecule has 0 N–H and O–H groups in total. The summed E-state index contributed by atoms with van der Waals surface area (Å²) < 4.78 is 12.8. The molecule has 140 valence electrons. The minimum atomic E-state index is 0.841. The van der Waals surface area contributed by atoms with E-state index in [9.17, 15) is 0 Å². The number of rotatable bonds is 4. The molecular weight excluding hydrogens is 480 g/mol. The van der Waals surface area contributed by atoms with E-state index in [1.165, 1.54) is 11.1 Å². The van der Waals surface area contributed by atoms with Crippen molar-refractivity contribution in [3.05, 3.63) is 95.1 Å². The summed E-state index contributed by atoms with van der Waals surface area (Å²) in [6.07, 6.45) is 0. The first-order valence-corrected chi connectivity index (χ1v) is 10.4. The fourth-order valence-electron chi connectivity index (χ4n) is 3.41. The summed E-state index contributed by atoms with van der Waals surface area (Å²) in [6, 6.07) is 24.7. The van der Waals surface area contributed by atoms with Gasteiger partial charge in [-0.15, -0.1) is 0 Å². The Morgan fingerprint density at radius 3 is 1.82 bits per heavy atom. The normalized spacial score (nSPS) is 14.7. The highest BCUT2D eigenvalue weighted by atomic mass is 79.9. The van der Waals surface area contributed by atoms with Crippen LogP contribution in [0.4, 0.5) is 0 Å². The zero-order valence-electron chi connectivity index (χ0n) is 15.5. The molecular formula is C24H18Br2O2. The molecule has 0 saturated carbocycles. The maximum Gasteiger partial charge on any atom is 0.118 e. The highest BCUT2D eigenvalue weighted by Crippen LogP contribution is 2.53.